The summed E-state index contributed by atoms with van der Waals surface area (Å²) in [5.41, 5.74) is 1.91. The number of rotatable bonds is 4. The fourth-order valence-electron chi connectivity index (χ4n) is 3.95. The SMILES string of the molecule is CC(C)N(C)c1cccc(NC(=O)N2CCCC(N3CCCC3=O)CC2)c1. The maximum Gasteiger partial charge on any atom is 0.321 e. The Balaban J connectivity index is 1.58. The van der Waals surface area contributed by atoms with Crippen LogP contribution in [0.25, 0.3) is 0 Å². The van der Waals surface area contributed by atoms with Gasteiger partial charge in [0.15, 0.2) is 0 Å². The summed E-state index contributed by atoms with van der Waals surface area (Å²) < 4.78 is 0. The Morgan fingerprint density at radius 3 is 2.70 bits per heavy atom. The number of amides is 3. The highest BCUT2D eigenvalue weighted by Gasteiger charge is 2.30. The number of anilines is 2. The molecule has 0 saturated carbocycles. The molecule has 6 heteroatoms. The van der Waals surface area contributed by atoms with Crippen LogP contribution in [0.1, 0.15) is 46.0 Å². The molecule has 148 valence electrons. The number of carbonyl (C=O) groups is 2. The highest BCUT2D eigenvalue weighted by atomic mass is 16.2. The summed E-state index contributed by atoms with van der Waals surface area (Å²) >= 11 is 0. The molecule has 2 heterocycles. The number of urea groups is 1. The molecule has 1 unspecified atom stereocenters. The van der Waals surface area contributed by atoms with Crippen LogP contribution in [-0.2, 0) is 4.79 Å². The summed E-state index contributed by atoms with van der Waals surface area (Å²) in [6.07, 6.45) is 4.46. The van der Waals surface area contributed by atoms with Crippen molar-refractivity contribution in [1.82, 2.24) is 9.80 Å². The molecule has 6 nitrogen and oxygen atoms in total. The van der Waals surface area contributed by atoms with Crippen LogP contribution >= 0.6 is 0 Å². The van der Waals surface area contributed by atoms with E-state index in [1.807, 2.05) is 28.0 Å². The van der Waals surface area contributed by atoms with E-state index in [0.29, 0.717) is 25.0 Å². The van der Waals surface area contributed by atoms with Crippen molar-refractivity contribution in [3.63, 3.8) is 0 Å². The van der Waals surface area contributed by atoms with Crippen LogP contribution in [0.5, 0.6) is 0 Å². The van der Waals surface area contributed by atoms with Crippen molar-refractivity contribution >= 4 is 23.3 Å². The number of likely N-dealkylation sites (tertiary alicyclic amines) is 2. The van der Waals surface area contributed by atoms with Crippen LogP contribution in [0.4, 0.5) is 16.2 Å². The second-order valence-electron chi connectivity index (χ2n) is 7.95. The highest BCUT2D eigenvalue weighted by Crippen LogP contribution is 2.24. The molecule has 3 amide bonds. The fraction of sp³-hybridized carbons (Fsp3) is 0.619. The van der Waals surface area contributed by atoms with Crippen molar-refractivity contribution in [2.24, 2.45) is 0 Å². The van der Waals surface area contributed by atoms with E-state index in [9.17, 15) is 9.59 Å². The molecule has 2 aliphatic rings. The Kier molecular flexibility index (Phi) is 6.24. The first-order chi connectivity index (χ1) is 13.0. The van der Waals surface area contributed by atoms with Crippen LogP contribution in [0.3, 0.4) is 0 Å². The molecule has 3 rings (SSSR count). The van der Waals surface area contributed by atoms with Gasteiger partial charge in [-0.3, -0.25) is 4.79 Å². The van der Waals surface area contributed by atoms with E-state index in [1.54, 1.807) is 0 Å². The first-order valence-electron chi connectivity index (χ1n) is 10.1. The normalized spacial score (nSPS) is 20.7. The summed E-state index contributed by atoms with van der Waals surface area (Å²) in [5, 5.41) is 3.05. The molecule has 0 radical (unpaired) electrons. The van der Waals surface area contributed by atoms with Gasteiger partial charge in [0.25, 0.3) is 0 Å². The van der Waals surface area contributed by atoms with Crippen molar-refractivity contribution in [2.75, 3.05) is 36.9 Å². The molecule has 2 saturated heterocycles. The van der Waals surface area contributed by atoms with E-state index >= 15 is 0 Å². The van der Waals surface area contributed by atoms with Gasteiger partial charge in [-0.25, -0.2) is 4.79 Å². The van der Waals surface area contributed by atoms with Crippen molar-refractivity contribution < 1.29 is 9.59 Å². The molecule has 0 spiro atoms. The predicted molar refractivity (Wildman–Crippen MR) is 109 cm³/mol. The van der Waals surface area contributed by atoms with E-state index in [2.05, 4.69) is 37.2 Å². The van der Waals surface area contributed by atoms with Gasteiger partial charge in [0.1, 0.15) is 0 Å². The summed E-state index contributed by atoms with van der Waals surface area (Å²) in [7, 11) is 2.06. The van der Waals surface area contributed by atoms with Gasteiger partial charge in [-0.2, -0.15) is 0 Å². The molecule has 2 fully saturated rings. The molecular formula is C21H32N4O2. The third-order valence-corrected chi connectivity index (χ3v) is 5.81. The zero-order valence-corrected chi connectivity index (χ0v) is 16.8. The van der Waals surface area contributed by atoms with E-state index < -0.39 is 0 Å². The van der Waals surface area contributed by atoms with Gasteiger partial charge in [0, 0.05) is 56.6 Å². The quantitative estimate of drug-likeness (QED) is 0.879. The second-order valence-corrected chi connectivity index (χ2v) is 7.95. The van der Waals surface area contributed by atoms with Crippen molar-refractivity contribution in [3.8, 4) is 0 Å². The van der Waals surface area contributed by atoms with E-state index in [4.69, 9.17) is 0 Å². The van der Waals surface area contributed by atoms with Crippen molar-refractivity contribution in [2.45, 2.75) is 58.0 Å². The molecule has 1 aromatic rings. The number of carbonyl (C=O) groups excluding carboxylic acids is 2. The van der Waals surface area contributed by atoms with E-state index in [0.717, 1.165) is 50.1 Å². The Hall–Kier alpha value is -2.24. The number of hydrogen-bond acceptors (Lipinski definition) is 3. The maximum absolute atomic E-state index is 12.7. The highest BCUT2D eigenvalue weighted by molar-refractivity contribution is 5.90. The zero-order chi connectivity index (χ0) is 19.4. The summed E-state index contributed by atoms with van der Waals surface area (Å²) in [6.45, 7) is 6.61. The van der Waals surface area contributed by atoms with E-state index in [-0.39, 0.29) is 11.9 Å². The minimum Gasteiger partial charge on any atom is -0.372 e. The van der Waals surface area contributed by atoms with Gasteiger partial charge in [0.05, 0.1) is 0 Å². The average Bonchev–Trinajstić information content (AvgIpc) is 2.92. The fourth-order valence-corrected chi connectivity index (χ4v) is 3.95. The Morgan fingerprint density at radius 1 is 1.19 bits per heavy atom. The molecule has 27 heavy (non-hydrogen) atoms. The van der Waals surface area contributed by atoms with Crippen LogP contribution in [0.15, 0.2) is 24.3 Å². The number of nitrogens with one attached hydrogen (secondary N) is 1. The number of benzene rings is 1. The molecule has 0 aliphatic carbocycles. The number of hydrogen-bond donors (Lipinski definition) is 1. The minimum atomic E-state index is -0.0484. The summed E-state index contributed by atoms with van der Waals surface area (Å²) in [5.74, 6) is 0.281. The summed E-state index contributed by atoms with van der Waals surface area (Å²) in [6, 6.07) is 8.61. The molecule has 1 N–H and O–H groups in total. The van der Waals surface area contributed by atoms with Crippen molar-refractivity contribution in [3.05, 3.63) is 24.3 Å². The third-order valence-electron chi connectivity index (χ3n) is 5.81. The third kappa shape index (κ3) is 4.73. The first-order valence-corrected chi connectivity index (χ1v) is 10.1. The van der Waals surface area contributed by atoms with Gasteiger partial charge < -0.3 is 20.0 Å². The topological polar surface area (TPSA) is 55.9 Å². The Bertz CT molecular complexity index is 676. The molecule has 1 atom stereocenters. The lowest BCUT2D eigenvalue weighted by Gasteiger charge is -2.27. The average molecular weight is 373 g/mol. The van der Waals surface area contributed by atoms with Crippen LogP contribution in [0, 0.1) is 0 Å². The smallest absolute Gasteiger partial charge is 0.321 e. The lowest BCUT2D eigenvalue weighted by atomic mass is 10.1. The van der Waals surface area contributed by atoms with Gasteiger partial charge in [-0.15, -0.1) is 0 Å². The van der Waals surface area contributed by atoms with E-state index in [1.165, 1.54) is 0 Å². The standard InChI is InChI=1S/C21H32N4O2/c1-16(2)23(3)19-8-4-7-17(15-19)22-21(27)24-12-5-9-18(11-14-24)25-13-6-10-20(25)26/h4,7-8,15-16,18H,5-6,9-14H2,1-3H3,(H,22,27). The lowest BCUT2D eigenvalue weighted by molar-refractivity contribution is -0.129. The van der Waals surface area contributed by atoms with Crippen molar-refractivity contribution in [1.29, 1.82) is 0 Å². The molecule has 1 aromatic carbocycles. The molecule has 2 aliphatic heterocycles. The van der Waals surface area contributed by atoms with Gasteiger partial charge >= 0.3 is 6.03 Å². The zero-order valence-electron chi connectivity index (χ0n) is 16.8. The molecule has 0 bridgehead atoms. The van der Waals surface area contributed by atoms with Crippen LogP contribution in [-0.4, -0.2) is 60.5 Å². The minimum absolute atomic E-state index is 0.0484. The number of nitrogens with zero attached hydrogens (tertiary/aromatic N) is 3. The van der Waals surface area contributed by atoms with Gasteiger partial charge in [-0.05, 0) is 57.7 Å². The second kappa shape index (κ2) is 8.63. The predicted octanol–water partition coefficient (Wildman–Crippen LogP) is 3.54. The summed E-state index contributed by atoms with van der Waals surface area (Å²) in [4.78, 5) is 30.9. The largest absolute Gasteiger partial charge is 0.372 e. The Labute approximate surface area is 162 Å². The maximum atomic E-state index is 12.7. The molecular weight excluding hydrogens is 340 g/mol. The molecule has 0 aromatic heterocycles. The first kappa shape index (κ1) is 19.5. The lowest BCUT2D eigenvalue weighted by Crippen LogP contribution is -2.39. The monoisotopic (exact) mass is 372 g/mol. The van der Waals surface area contributed by atoms with Crippen LogP contribution in [0.2, 0.25) is 0 Å². The Morgan fingerprint density at radius 2 is 2.00 bits per heavy atom. The van der Waals surface area contributed by atoms with Gasteiger partial charge in [-0.1, -0.05) is 6.07 Å². The van der Waals surface area contributed by atoms with Gasteiger partial charge in [0.2, 0.25) is 5.91 Å². The van der Waals surface area contributed by atoms with Crippen LogP contribution < -0.4 is 10.2 Å².